The Morgan fingerprint density at radius 2 is 2.29 bits per heavy atom. The van der Waals surface area contributed by atoms with E-state index in [0.717, 1.165) is 24.0 Å². The Bertz CT molecular complexity index is 466. The van der Waals surface area contributed by atoms with Gasteiger partial charge in [-0.2, -0.15) is 0 Å². The summed E-state index contributed by atoms with van der Waals surface area (Å²) < 4.78 is 3.22. The molecule has 0 aliphatic rings. The van der Waals surface area contributed by atoms with E-state index in [9.17, 15) is 0 Å². The average molecular weight is 294 g/mol. The normalized spacial score (nSPS) is 10.5. The van der Waals surface area contributed by atoms with Crippen LogP contribution in [0.3, 0.4) is 0 Å². The Labute approximate surface area is 110 Å². The standard InChI is InChI=1S/C13H16BrN3/c1-11-9-12(14)3-4-13(11)16-5-2-7-17-8-6-15-10-17/h3-4,6,8-10,16H,2,5,7H2,1H3. The summed E-state index contributed by atoms with van der Waals surface area (Å²) in [4.78, 5) is 4.02. The molecular weight excluding hydrogens is 278 g/mol. The average Bonchev–Trinajstić information content (AvgIpc) is 2.79. The fraction of sp³-hybridized carbons (Fsp3) is 0.308. The maximum Gasteiger partial charge on any atom is 0.0945 e. The van der Waals surface area contributed by atoms with Crippen LogP contribution in [0.25, 0.3) is 0 Å². The van der Waals surface area contributed by atoms with Gasteiger partial charge in [-0.05, 0) is 37.1 Å². The van der Waals surface area contributed by atoms with Gasteiger partial charge < -0.3 is 9.88 Å². The van der Waals surface area contributed by atoms with Crippen molar-refractivity contribution in [3.05, 3.63) is 47.0 Å². The molecule has 1 aromatic heterocycles. The summed E-state index contributed by atoms with van der Waals surface area (Å²) in [5.41, 5.74) is 2.47. The lowest BCUT2D eigenvalue weighted by molar-refractivity contribution is 0.660. The van der Waals surface area contributed by atoms with E-state index in [0.29, 0.717) is 0 Å². The van der Waals surface area contributed by atoms with Gasteiger partial charge in [-0.15, -0.1) is 0 Å². The molecule has 0 aliphatic carbocycles. The van der Waals surface area contributed by atoms with Gasteiger partial charge in [0.25, 0.3) is 0 Å². The van der Waals surface area contributed by atoms with Gasteiger partial charge in [0, 0.05) is 35.6 Å². The largest absolute Gasteiger partial charge is 0.385 e. The van der Waals surface area contributed by atoms with Gasteiger partial charge >= 0.3 is 0 Å². The summed E-state index contributed by atoms with van der Waals surface area (Å²) in [7, 11) is 0. The molecule has 0 bridgehead atoms. The first kappa shape index (κ1) is 12.2. The van der Waals surface area contributed by atoms with Crippen molar-refractivity contribution < 1.29 is 0 Å². The van der Waals surface area contributed by atoms with E-state index in [2.05, 4.69) is 55.9 Å². The third-order valence-corrected chi connectivity index (χ3v) is 3.15. The number of hydrogen-bond acceptors (Lipinski definition) is 2. The molecule has 0 saturated heterocycles. The number of imidazole rings is 1. The lowest BCUT2D eigenvalue weighted by Crippen LogP contribution is -2.06. The summed E-state index contributed by atoms with van der Waals surface area (Å²) in [6.07, 6.45) is 6.74. The summed E-state index contributed by atoms with van der Waals surface area (Å²) >= 11 is 3.47. The minimum atomic E-state index is 0.973. The molecule has 2 aromatic rings. The van der Waals surface area contributed by atoms with Gasteiger partial charge in [0.05, 0.1) is 6.33 Å². The van der Waals surface area contributed by atoms with Crippen LogP contribution in [-0.2, 0) is 6.54 Å². The Morgan fingerprint density at radius 3 is 3.00 bits per heavy atom. The number of aryl methyl sites for hydroxylation is 2. The number of anilines is 1. The number of hydrogen-bond donors (Lipinski definition) is 1. The van der Waals surface area contributed by atoms with Crippen LogP contribution in [0.5, 0.6) is 0 Å². The van der Waals surface area contributed by atoms with Crippen LogP contribution in [-0.4, -0.2) is 16.1 Å². The van der Waals surface area contributed by atoms with Crippen LogP contribution in [0, 0.1) is 6.92 Å². The van der Waals surface area contributed by atoms with Crippen LogP contribution in [0.15, 0.2) is 41.4 Å². The van der Waals surface area contributed by atoms with Crippen molar-refractivity contribution >= 4 is 21.6 Å². The first-order chi connectivity index (χ1) is 8.25. The number of nitrogens with one attached hydrogen (secondary N) is 1. The molecule has 0 atom stereocenters. The molecule has 0 unspecified atom stereocenters. The van der Waals surface area contributed by atoms with Crippen molar-refractivity contribution in [3.63, 3.8) is 0 Å². The van der Waals surface area contributed by atoms with Gasteiger partial charge in [-0.1, -0.05) is 15.9 Å². The second kappa shape index (κ2) is 5.87. The molecule has 90 valence electrons. The first-order valence-corrected chi connectivity index (χ1v) is 6.51. The summed E-state index contributed by atoms with van der Waals surface area (Å²) in [5.74, 6) is 0. The number of nitrogens with zero attached hydrogens (tertiary/aromatic N) is 2. The quantitative estimate of drug-likeness (QED) is 0.856. The second-order valence-electron chi connectivity index (χ2n) is 4.04. The molecule has 0 spiro atoms. The molecule has 1 aromatic carbocycles. The van der Waals surface area contributed by atoms with Crippen LogP contribution in [0.1, 0.15) is 12.0 Å². The van der Waals surface area contributed by atoms with E-state index in [4.69, 9.17) is 0 Å². The highest BCUT2D eigenvalue weighted by atomic mass is 79.9. The number of aromatic nitrogens is 2. The number of halogens is 1. The third-order valence-electron chi connectivity index (χ3n) is 2.66. The monoisotopic (exact) mass is 293 g/mol. The molecule has 0 saturated carbocycles. The minimum Gasteiger partial charge on any atom is -0.385 e. The van der Waals surface area contributed by atoms with Crippen molar-refractivity contribution in [1.29, 1.82) is 0 Å². The van der Waals surface area contributed by atoms with Gasteiger partial charge in [0.15, 0.2) is 0 Å². The predicted octanol–water partition coefficient (Wildman–Crippen LogP) is 3.46. The van der Waals surface area contributed by atoms with Crippen molar-refractivity contribution in [3.8, 4) is 0 Å². The third kappa shape index (κ3) is 3.60. The van der Waals surface area contributed by atoms with Crippen LogP contribution >= 0.6 is 15.9 Å². The van der Waals surface area contributed by atoms with E-state index in [1.165, 1.54) is 11.3 Å². The van der Waals surface area contributed by atoms with Gasteiger partial charge in [-0.3, -0.25) is 0 Å². The summed E-state index contributed by atoms with van der Waals surface area (Å²) in [6.45, 7) is 4.09. The highest BCUT2D eigenvalue weighted by Crippen LogP contribution is 2.19. The SMILES string of the molecule is Cc1cc(Br)ccc1NCCCn1ccnc1. The molecular formula is C13H16BrN3. The molecule has 0 amide bonds. The Hall–Kier alpha value is -1.29. The van der Waals surface area contributed by atoms with Gasteiger partial charge in [0.1, 0.15) is 0 Å². The zero-order valence-corrected chi connectivity index (χ0v) is 11.4. The van der Waals surface area contributed by atoms with E-state index >= 15 is 0 Å². The van der Waals surface area contributed by atoms with Crippen LogP contribution in [0.2, 0.25) is 0 Å². The molecule has 1 N–H and O–H groups in total. The Kier molecular flexibility index (Phi) is 4.20. The van der Waals surface area contributed by atoms with E-state index < -0.39 is 0 Å². The van der Waals surface area contributed by atoms with Crippen molar-refractivity contribution in [2.45, 2.75) is 19.9 Å². The molecule has 17 heavy (non-hydrogen) atoms. The van der Waals surface area contributed by atoms with Crippen LogP contribution in [0.4, 0.5) is 5.69 Å². The molecule has 2 rings (SSSR count). The zero-order chi connectivity index (χ0) is 12.1. The number of rotatable bonds is 5. The van der Waals surface area contributed by atoms with Crippen molar-refractivity contribution in [2.75, 3.05) is 11.9 Å². The lowest BCUT2D eigenvalue weighted by Gasteiger charge is -2.10. The molecule has 0 radical (unpaired) electrons. The predicted molar refractivity (Wildman–Crippen MR) is 74.2 cm³/mol. The number of benzene rings is 1. The Morgan fingerprint density at radius 1 is 1.41 bits per heavy atom. The topological polar surface area (TPSA) is 29.9 Å². The maximum atomic E-state index is 4.02. The lowest BCUT2D eigenvalue weighted by atomic mass is 10.2. The second-order valence-corrected chi connectivity index (χ2v) is 4.96. The Balaban J connectivity index is 1.78. The first-order valence-electron chi connectivity index (χ1n) is 5.71. The highest BCUT2D eigenvalue weighted by Gasteiger charge is 1.98. The van der Waals surface area contributed by atoms with E-state index in [1.54, 1.807) is 0 Å². The summed E-state index contributed by atoms with van der Waals surface area (Å²) in [5, 5.41) is 3.45. The van der Waals surface area contributed by atoms with E-state index in [-0.39, 0.29) is 0 Å². The van der Waals surface area contributed by atoms with Gasteiger partial charge in [-0.25, -0.2) is 4.98 Å². The molecule has 1 heterocycles. The molecule has 0 aliphatic heterocycles. The zero-order valence-electron chi connectivity index (χ0n) is 9.86. The smallest absolute Gasteiger partial charge is 0.0945 e. The highest BCUT2D eigenvalue weighted by molar-refractivity contribution is 9.10. The summed E-state index contributed by atoms with van der Waals surface area (Å²) in [6, 6.07) is 6.29. The molecule has 4 heteroatoms. The fourth-order valence-corrected chi connectivity index (χ4v) is 2.20. The maximum absolute atomic E-state index is 4.02. The van der Waals surface area contributed by atoms with E-state index in [1.807, 2.05) is 18.7 Å². The van der Waals surface area contributed by atoms with Crippen molar-refractivity contribution in [1.82, 2.24) is 9.55 Å². The van der Waals surface area contributed by atoms with Crippen LogP contribution < -0.4 is 5.32 Å². The molecule has 3 nitrogen and oxygen atoms in total. The van der Waals surface area contributed by atoms with Crippen molar-refractivity contribution in [2.24, 2.45) is 0 Å². The molecule has 0 fully saturated rings. The van der Waals surface area contributed by atoms with Gasteiger partial charge in [0.2, 0.25) is 0 Å². The fourth-order valence-electron chi connectivity index (χ4n) is 1.73. The minimum absolute atomic E-state index is 0.973.